The maximum Gasteiger partial charge on any atom is 0.00520 e. The van der Waals surface area contributed by atoms with Gasteiger partial charge in [0.1, 0.15) is 0 Å². The van der Waals surface area contributed by atoms with E-state index in [1.165, 1.54) is 22.3 Å². The Balaban J connectivity index is 3.36. The van der Waals surface area contributed by atoms with Crippen molar-refractivity contribution in [2.24, 2.45) is 5.92 Å². The minimum Gasteiger partial charge on any atom is -0.0665 e. The molecule has 0 saturated carbocycles. The lowest BCUT2D eigenvalue weighted by Crippen LogP contribution is -1.91. The first-order valence-electron chi connectivity index (χ1n) is 5.10. The van der Waals surface area contributed by atoms with Gasteiger partial charge >= 0.3 is 0 Å². The van der Waals surface area contributed by atoms with Crippen LogP contribution < -0.4 is 0 Å². The van der Waals surface area contributed by atoms with Crippen molar-refractivity contribution >= 4 is 0 Å². The molecule has 1 aliphatic rings. The Morgan fingerprint density at radius 2 is 1.64 bits per heavy atom. The van der Waals surface area contributed by atoms with Gasteiger partial charge in [0.15, 0.2) is 0 Å². The maximum atomic E-state index is 3.24. The Morgan fingerprint density at radius 1 is 1.00 bits per heavy atom. The van der Waals surface area contributed by atoms with Crippen LogP contribution in [0, 0.1) is 5.92 Å². The molecule has 0 aromatic carbocycles. The summed E-state index contributed by atoms with van der Waals surface area (Å²) in [6, 6.07) is 0. The zero-order chi connectivity index (χ0) is 10.7. The topological polar surface area (TPSA) is 0 Å². The molecular formula is C14H18. The monoisotopic (exact) mass is 186 g/mol. The second-order valence-electron chi connectivity index (χ2n) is 4.20. The van der Waals surface area contributed by atoms with Gasteiger partial charge in [-0.2, -0.15) is 0 Å². The van der Waals surface area contributed by atoms with Crippen molar-refractivity contribution in [2.75, 3.05) is 0 Å². The quantitative estimate of drug-likeness (QED) is 0.539. The highest BCUT2D eigenvalue weighted by molar-refractivity contribution is 5.39. The average Bonchev–Trinajstić information content (AvgIpc) is 2.09. The Kier molecular flexibility index (Phi) is 3.36. The van der Waals surface area contributed by atoms with Gasteiger partial charge < -0.3 is 0 Å². The van der Waals surface area contributed by atoms with Gasteiger partial charge in [-0.1, -0.05) is 31.4 Å². The summed E-state index contributed by atoms with van der Waals surface area (Å²) < 4.78 is 0. The van der Waals surface area contributed by atoms with Crippen molar-refractivity contribution in [3.05, 3.63) is 45.9 Å². The average molecular weight is 186 g/mol. The van der Waals surface area contributed by atoms with Crippen LogP contribution in [-0.4, -0.2) is 0 Å². The molecule has 74 valence electrons. The highest BCUT2D eigenvalue weighted by atomic mass is 14.1. The zero-order valence-electron chi connectivity index (χ0n) is 9.73. The molecule has 1 rings (SSSR count). The van der Waals surface area contributed by atoms with Crippen LogP contribution in [-0.2, 0) is 0 Å². The third kappa shape index (κ3) is 2.64. The van der Waals surface area contributed by atoms with E-state index < -0.39 is 0 Å². The van der Waals surface area contributed by atoms with Crippen LogP contribution in [0.15, 0.2) is 45.9 Å². The van der Waals surface area contributed by atoms with Gasteiger partial charge in [-0.3, -0.25) is 0 Å². The van der Waals surface area contributed by atoms with Crippen molar-refractivity contribution in [3.8, 4) is 0 Å². The number of hydrogen-bond donors (Lipinski definition) is 0. The van der Waals surface area contributed by atoms with Crippen molar-refractivity contribution in [2.45, 2.75) is 34.6 Å². The predicted octanol–water partition coefficient (Wildman–Crippen LogP) is 4.18. The molecule has 0 heterocycles. The molecule has 0 nitrogen and oxygen atoms in total. The van der Waals surface area contributed by atoms with Gasteiger partial charge in [0.05, 0.1) is 0 Å². The van der Waals surface area contributed by atoms with Gasteiger partial charge in [0, 0.05) is 11.1 Å². The van der Waals surface area contributed by atoms with E-state index in [1.54, 1.807) is 0 Å². The molecule has 0 saturated heterocycles. The molecule has 1 aliphatic carbocycles. The predicted molar refractivity (Wildman–Crippen MR) is 62.1 cm³/mol. The van der Waals surface area contributed by atoms with Crippen LogP contribution in [0.25, 0.3) is 0 Å². The SMILES string of the molecule is CC1=C=C=C(C(C)C)C=C(C)C=C1C. The summed E-state index contributed by atoms with van der Waals surface area (Å²) in [5, 5.41) is 0. The van der Waals surface area contributed by atoms with E-state index in [4.69, 9.17) is 0 Å². The molecule has 0 aromatic heterocycles. The first-order chi connectivity index (χ1) is 6.50. The summed E-state index contributed by atoms with van der Waals surface area (Å²) in [5.74, 6) is 0.511. The molecule has 0 heteroatoms. The maximum absolute atomic E-state index is 3.24. The third-order valence-corrected chi connectivity index (χ3v) is 2.44. The minimum absolute atomic E-state index is 0.511. The summed E-state index contributed by atoms with van der Waals surface area (Å²) in [6.07, 6.45) is 4.39. The van der Waals surface area contributed by atoms with E-state index in [-0.39, 0.29) is 0 Å². The smallest absolute Gasteiger partial charge is 0.00520 e. The first-order valence-corrected chi connectivity index (χ1v) is 5.10. The molecular weight excluding hydrogens is 168 g/mol. The Labute approximate surface area is 87.0 Å². The van der Waals surface area contributed by atoms with Crippen molar-refractivity contribution < 1.29 is 0 Å². The fraction of sp³-hybridized carbons (Fsp3) is 0.429. The van der Waals surface area contributed by atoms with E-state index in [1.807, 2.05) is 0 Å². The summed E-state index contributed by atoms with van der Waals surface area (Å²) in [6.45, 7) is 10.7. The van der Waals surface area contributed by atoms with Crippen LogP contribution in [0.2, 0.25) is 0 Å². The molecule has 0 atom stereocenters. The lowest BCUT2D eigenvalue weighted by Gasteiger charge is -2.06. The fourth-order valence-electron chi connectivity index (χ4n) is 1.35. The van der Waals surface area contributed by atoms with Crippen LogP contribution in [0.3, 0.4) is 0 Å². The molecule has 0 bridgehead atoms. The van der Waals surface area contributed by atoms with E-state index in [9.17, 15) is 0 Å². The van der Waals surface area contributed by atoms with Crippen LogP contribution in [0.5, 0.6) is 0 Å². The molecule has 0 aliphatic heterocycles. The lowest BCUT2D eigenvalue weighted by atomic mass is 9.98. The van der Waals surface area contributed by atoms with E-state index >= 15 is 0 Å². The van der Waals surface area contributed by atoms with Gasteiger partial charge in [-0.25, -0.2) is 0 Å². The van der Waals surface area contributed by atoms with Gasteiger partial charge in [-0.05, 0) is 43.9 Å². The second kappa shape index (κ2) is 4.33. The van der Waals surface area contributed by atoms with Crippen LogP contribution in [0.4, 0.5) is 0 Å². The van der Waals surface area contributed by atoms with Gasteiger partial charge in [-0.15, -0.1) is 0 Å². The number of allylic oxidation sites excluding steroid dienone is 6. The van der Waals surface area contributed by atoms with E-state index in [2.05, 4.69) is 58.2 Å². The number of hydrogen-bond acceptors (Lipinski definition) is 0. The Bertz CT molecular complexity index is 388. The highest BCUT2D eigenvalue weighted by Gasteiger charge is 2.01. The molecule has 0 fully saturated rings. The summed E-state index contributed by atoms with van der Waals surface area (Å²) in [7, 11) is 0. The Morgan fingerprint density at radius 3 is 2.21 bits per heavy atom. The fourth-order valence-corrected chi connectivity index (χ4v) is 1.35. The van der Waals surface area contributed by atoms with E-state index in [0.29, 0.717) is 5.92 Å². The molecule has 0 radical (unpaired) electrons. The lowest BCUT2D eigenvalue weighted by molar-refractivity contribution is 0.792. The van der Waals surface area contributed by atoms with Gasteiger partial charge in [0.2, 0.25) is 0 Å². The molecule has 14 heavy (non-hydrogen) atoms. The highest BCUT2D eigenvalue weighted by Crippen LogP contribution is 2.17. The van der Waals surface area contributed by atoms with Crippen LogP contribution >= 0.6 is 0 Å². The zero-order valence-corrected chi connectivity index (χ0v) is 9.73. The van der Waals surface area contributed by atoms with Crippen molar-refractivity contribution in [3.63, 3.8) is 0 Å². The largest absolute Gasteiger partial charge is 0.0665 e. The summed E-state index contributed by atoms with van der Waals surface area (Å²) in [4.78, 5) is 0. The van der Waals surface area contributed by atoms with Crippen LogP contribution in [0.1, 0.15) is 34.6 Å². The molecule has 0 N–H and O–H groups in total. The molecule has 0 spiro atoms. The first kappa shape index (κ1) is 10.9. The Hall–Kier alpha value is -1.22. The van der Waals surface area contributed by atoms with Crippen molar-refractivity contribution in [1.82, 2.24) is 0 Å². The van der Waals surface area contributed by atoms with E-state index in [0.717, 1.165) is 0 Å². The molecule has 0 amide bonds. The minimum atomic E-state index is 0.511. The molecule has 0 unspecified atom stereocenters. The second-order valence-corrected chi connectivity index (χ2v) is 4.20. The van der Waals surface area contributed by atoms with Gasteiger partial charge in [0.25, 0.3) is 0 Å². The molecule has 0 aromatic rings. The summed E-state index contributed by atoms with van der Waals surface area (Å²) >= 11 is 0. The normalized spacial score (nSPS) is 16.7. The number of rotatable bonds is 1. The standard InChI is InChI=1S/C14H18/c1-10(2)14-7-6-12(4)13(5)8-11(3)9-14/h8-10H,1-5H3. The summed E-state index contributed by atoms with van der Waals surface area (Å²) in [5.41, 5.74) is 11.4. The third-order valence-electron chi connectivity index (χ3n) is 2.44. The van der Waals surface area contributed by atoms with Crippen molar-refractivity contribution in [1.29, 1.82) is 0 Å².